The second-order valence-corrected chi connectivity index (χ2v) is 3.82. The summed E-state index contributed by atoms with van der Waals surface area (Å²) in [4.78, 5) is 23.1. The third kappa shape index (κ3) is 4.26. The highest BCUT2D eigenvalue weighted by molar-refractivity contribution is 5.91. The molecule has 6 heteroatoms. The summed E-state index contributed by atoms with van der Waals surface area (Å²) < 4.78 is 0. The Morgan fingerprint density at radius 1 is 1.12 bits per heavy atom. The number of Topliss-reactive ketones (excluding diaryl/α,β-unsaturated/α-hetero) is 1. The van der Waals surface area contributed by atoms with E-state index >= 15 is 0 Å². The lowest BCUT2D eigenvalue weighted by atomic mass is 10.0. The summed E-state index contributed by atoms with van der Waals surface area (Å²) >= 11 is 0. The van der Waals surface area contributed by atoms with Crippen molar-refractivity contribution in [2.24, 2.45) is 5.92 Å². The van der Waals surface area contributed by atoms with E-state index in [1.54, 1.807) is 13.8 Å². The fourth-order valence-corrected chi connectivity index (χ4v) is 1.19. The van der Waals surface area contributed by atoms with Crippen LogP contribution in [0.1, 0.15) is 13.8 Å². The monoisotopic (exact) mass is 232 g/mol. The van der Waals surface area contributed by atoms with Crippen LogP contribution in [0.3, 0.4) is 0 Å². The molecule has 0 saturated carbocycles. The van der Waals surface area contributed by atoms with Crippen LogP contribution in [-0.4, -0.2) is 54.2 Å². The van der Waals surface area contributed by atoms with Crippen molar-refractivity contribution in [3.8, 4) is 0 Å². The van der Waals surface area contributed by atoms with Crippen LogP contribution in [-0.2, 0) is 9.59 Å². The van der Waals surface area contributed by atoms with Crippen molar-refractivity contribution in [3.05, 3.63) is 0 Å². The van der Waals surface area contributed by atoms with Gasteiger partial charge in [0.05, 0.1) is 13.2 Å². The van der Waals surface area contributed by atoms with Gasteiger partial charge in [-0.25, -0.2) is 0 Å². The normalized spacial score (nSPS) is 14.6. The van der Waals surface area contributed by atoms with Gasteiger partial charge in [0.15, 0.2) is 5.78 Å². The van der Waals surface area contributed by atoms with E-state index in [1.165, 1.54) is 7.05 Å². The molecule has 0 spiro atoms. The van der Waals surface area contributed by atoms with Gasteiger partial charge in [0, 0.05) is 5.92 Å². The number of rotatable bonds is 7. The molecule has 0 aromatic rings. The fourth-order valence-electron chi connectivity index (χ4n) is 1.19. The van der Waals surface area contributed by atoms with Crippen LogP contribution < -0.4 is 10.6 Å². The molecule has 0 heterocycles. The fraction of sp³-hybridized carbons (Fsp3) is 0.800. The van der Waals surface area contributed by atoms with E-state index in [-0.39, 0.29) is 18.3 Å². The van der Waals surface area contributed by atoms with Gasteiger partial charge in [-0.3, -0.25) is 9.59 Å². The van der Waals surface area contributed by atoms with Crippen LogP contribution in [0.4, 0.5) is 0 Å². The average Bonchev–Trinajstić information content (AvgIpc) is 2.26. The third-order valence-electron chi connectivity index (χ3n) is 2.26. The first kappa shape index (κ1) is 15.0. The SMILES string of the molecule is CN[C@@H](CO)C(=O)N[C@@H](CO)C(=O)C(C)C. The number of hydrogen-bond donors (Lipinski definition) is 4. The Hall–Kier alpha value is -0.980. The highest BCUT2D eigenvalue weighted by atomic mass is 16.3. The molecule has 0 rings (SSSR count). The number of ketones is 1. The van der Waals surface area contributed by atoms with Gasteiger partial charge in [-0.1, -0.05) is 13.8 Å². The Bertz CT molecular complexity index is 239. The highest BCUT2D eigenvalue weighted by Gasteiger charge is 2.25. The molecule has 0 aliphatic heterocycles. The summed E-state index contributed by atoms with van der Waals surface area (Å²) in [5.74, 6) is -0.999. The summed E-state index contributed by atoms with van der Waals surface area (Å²) in [6, 6.07) is -1.68. The predicted molar refractivity (Wildman–Crippen MR) is 58.8 cm³/mol. The van der Waals surface area contributed by atoms with Gasteiger partial charge in [0.25, 0.3) is 0 Å². The van der Waals surface area contributed by atoms with E-state index in [0.29, 0.717) is 0 Å². The van der Waals surface area contributed by atoms with E-state index in [1.807, 2.05) is 0 Å². The number of likely N-dealkylation sites (N-methyl/N-ethyl adjacent to an activating group) is 1. The van der Waals surface area contributed by atoms with Crippen LogP contribution >= 0.6 is 0 Å². The van der Waals surface area contributed by atoms with E-state index < -0.39 is 24.6 Å². The smallest absolute Gasteiger partial charge is 0.240 e. The molecule has 0 aromatic heterocycles. The van der Waals surface area contributed by atoms with Crippen LogP contribution in [0, 0.1) is 5.92 Å². The molecule has 0 bridgehead atoms. The molecule has 94 valence electrons. The van der Waals surface area contributed by atoms with Crippen molar-refractivity contribution in [2.45, 2.75) is 25.9 Å². The van der Waals surface area contributed by atoms with Gasteiger partial charge in [0.2, 0.25) is 5.91 Å². The predicted octanol–water partition coefficient (Wildman–Crippen LogP) is -1.73. The Labute approximate surface area is 95.0 Å². The summed E-state index contributed by atoms with van der Waals surface area (Å²) in [7, 11) is 1.53. The second kappa shape index (κ2) is 7.32. The van der Waals surface area contributed by atoms with E-state index in [0.717, 1.165) is 0 Å². The highest BCUT2D eigenvalue weighted by Crippen LogP contribution is 2.00. The Kier molecular flexibility index (Phi) is 6.87. The molecular weight excluding hydrogens is 212 g/mol. The van der Waals surface area contributed by atoms with Crippen LogP contribution in [0.2, 0.25) is 0 Å². The molecule has 0 aliphatic rings. The summed E-state index contributed by atoms with van der Waals surface area (Å²) in [6.45, 7) is 2.58. The van der Waals surface area contributed by atoms with Gasteiger partial charge in [0.1, 0.15) is 12.1 Å². The summed E-state index contributed by atoms with van der Waals surface area (Å²) in [5.41, 5.74) is 0. The van der Waals surface area contributed by atoms with Gasteiger partial charge in [-0.15, -0.1) is 0 Å². The quantitative estimate of drug-likeness (QED) is 0.418. The first-order valence-electron chi connectivity index (χ1n) is 5.21. The molecule has 0 saturated heterocycles. The number of carbonyl (C=O) groups is 2. The topological polar surface area (TPSA) is 98.7 Å². The maximum absolute atomic E-state index is 11.6. The average molecular weight is 232 g/mol. The molecule has 1 amide bonds. The maximum atomic E-state index is 11.6. The van der Waals surface area contributed by atoms with Crippen molar-refractivity contribution in [1.29, 1.82) is 0 Å². The van der Waals surface area contributed by atoms with E-state index in [4.69, 9.17) is 10.2 Å². The molecule has 16 heavy (non-hydrogen) atoms. The van der Waals surface area contributed by atoms with Gasteiger partial charge >= 0.3 is 0 Å². The zero-order valence-electron chi connectivity index (χ0n) is 9.86. The van der Waals surface area contributed by atoms with Gasteiger partial charge in [-0.2, -0.15) is 0 Å². The summed E-state index contributed by atoms with van der Waals surface area (Å²) in [6.07, 6.45) is 0. The van der Waals surface area contributed by atoms with Crippen molar-refractivity contribution in [1.82, 2.24) is 10.6 Å². The Morgan fingerprint density at radius 3 is 1.94 bits per heavy atom. The third-order valence-corrected chi connectivity index (χ3v) is 2.26. The number of carbonyl (C=O) groups excluding carboxylic acids is 2. The van der Waals surface area contributed by atoms with Crippen molar-refractivity contribution < 1.29 is 19.8 Å². The first-order chi connectivity index (χ1) is 7.47. The number of aliphatic hydroxyl groups excluding tert-OH is 2. The molecule has 0 aliphatic carbocycles. The number of hydrogen-bond acceptors (Lipinski definition) is 5. The zero-order chi connectivity index (χ0) is 12.7. The molecular formula is C10H20N2O4. The van der Waals surface area contributed by atoms with Gasteiger partial charge < -0.3 is 20.8 Å². The van der Waals surface area contributed by atoms with E-state index in [2.05, 4.69) is 10.6 Å². The minimum absolute atomic E-state index is 0.233. The zero-order valence-corrected chi connectivity index (χ0v) is 9.86. The standard InChI is InChI=1S/C10H20N2O4/c1-6(2)9(15)7(4-13)12-10(16)8(5-14)11-3/h6-8,11,13-14H,4-5H2,1-3H3,(H,12,16)/t7-,8-/m0/s1. The van der Waals surface area contributed by atoms with Crippen molar-refractivity contribution in [3.63, 3.8) is 0 Å². The van der Waals surface area contributed by atoms with E-state index in [9.17, 15) is 9.59 Å². The molecule has 0 fully saturated rings. The lowest BCUT2D eigenvalue weighted by Gasteiger charge is -2.20. The molecule has 4 N–H and O–H groups in total. The molecule has 0 unspecified atom stereocenters. The lowest BCUT2D eigenvalue weighted by Crippen LogP contribution is -2.52. The second-order valence-electron chi connectivity index (χ2n) is 3.82. The van der Waals surface area contributed by atoms with Crippen LogP contribution in [0.15, 0.2) is 0 Å². The van der Waals surface area contributed by atoms with Crippen molar-refractivity contribution in [2.75, 3.05) is 20.3 Å². The van der Waals surface area contributed by atoms with Gasteiger partial charge in [-0.05, 0) is 7.05 Å². The Morgan fingerprint density at radius 2 is 1.62 bits per heavy atom. The number of amides is 1. The number of aliphatic hydroxyl groups is 2. The number of nitrogens with one attached hydrogen (secondary N) is 2. The molecule has 0 radical (unpaired) electrons. The molecule has 6 nitrogen and oxygen atoms in total. The molecule has 2 atom stereocenters. The van der Waals surface area contributed by atoms with Crippen LogP contribution in [0.25, 0.3) is 0 Å². The summed E-state index contributed by atoms with van der Waals surface area (Å²) in [5, 5.41) is 22.8. The lowest BCUT2D eigenvalue weighted by molar-refractivity contribution is -0.131. The van der Waals surface area contributed by atoms with Crippen molar-refractivity contribution >= 4 is 11.7 Å². The van der Waals surface area contributed by atoms with Crippen LogP contribution in [0.5, 0.6) is 0 Å². The maximum Gasteiger partial charge on any atom is 0.240 e. The minimum atomic E-state index is -0.908. The Balaban J connectivity index is 4.43. The first-order valence-corrected chi connectivity index (χ1v) is 5.21. The molecule has 0 aromatic carbocycles. The largest absolute Gasteiger partial charge is 0.394 e. The minimum Gasteiger partial charge on any atom is -0.394 e.